The second-order valence-electron chi connectivity index (χ2n) is 4.86. The second-order valence-corrected chi connectivity index (χ2v) is 4.86. The molecule has 2 rings (SSSR count). The van der Waals surface area contributed by atoms with E-state index < -0.39 is 0 Å². The largest absolute Gasteiger partial charge is 0.467 e. The molecule has 0 bridgehead atoms. The minimum absolute atomic E-state index is 0.201. The fourth-order valence-corrected chi connectivity index (χ4v) is 2.46. The van der Waals surface area contributed by atoms with Crippen molar-refractivity contribution in [3.63, 3.8) is 0 Å². The monoisotopic (exact) mass is 251 g/mol. The lowest BCUT2D eigenvalue weighted by molar-refractivity contribution is 0.358. The minimum Gasteiger partial charge on any atom is -0.467 e. The normalized spacial score (nSPS) is 16.6. The van der Waals surface area contributed by atoms with E-state index in [0.717, 1.165) is 12.5 Å². The fourth-order valence-electron chi connectivity index (χ4n) is 2.46. The number of rotatable bonds is 4. The van der Waals surface area contributed by atoms with Crippen molar-refractivity contribution in [3.05, 3.63) is 0 Å². The molecule has 0 aliphatic heterocycles. The maximum absolute atomic E-state index is 5.64. The van der Waals surface area contributed by atoms with Gasteiger partial charge in [-0.25, -0.2) is 0 Å². The maximum atomic E-state index is 5.64. The van der Waals surface area contributed by atoms with E-state index in [9.17, 15) is 0 Å². The van der Waals surface area contributed by atoms with Gasteiger partial charge in [0.15, 0.2) is 0 Å². The molecule has 18 heavy (non-hydrogen) atoms. The molecule has 1 aromatic heterocycles. The smallest absolute Gasteiger partial charge is 0.322 e. The van der Waals surface area contributed by atoms with Crippen LogP contribution in [0.5, 0.6) is 6.01 Å². The Kier molecular flexibility index (Phi) is 4.17. The highest BCUT2D eigenvalue weighted by atomic mass is 16.5. The molecule has 0 saturated heterocycles. The Balaban J connectivity index is 2.02. The van der Waals surface area contributed by atoms with Crippen LogP contribution in [0.4, 0.5) is 11.9 Å². The van der Waals surface area contributed by atoms with E-state index in [4.69, 9.17) is 10.5 Å². The van der Waals surface area contributed by atoms with E-state index in [1.54, 1.807) is 0 Å². The van der Waals surface area contributed by atoms with Crippen LogP contribution in [0, 0.1) is 5.92 Å². The zero-order valence-corrected chi connectivity index (χ0v) is 11.1. The van der Waals surface area contributed by atoms with E-state index in [2.05, 4.69) is 15.0 Å². The molecule has 6 nitrogen and oxygen atoms in total. The van der Waals surface area contributed by atoms with Crippen LogP contribution in [0.15, 0.2) is 0 Å². The summed E-state index contributed by atoms with van der Waals surface area (Å²) < 4.78 is 5.01. The molecular weight excluding hydrogens is 230 g/mol. The summed E-state index contributed by atoms with van der Waals surface area (Å²) in [7, 11) is 3.52. The van der Waals surface area contributed by atoms with Gasteiger partial charge in [-0.2, -0.15) is 15.0 Å². The molecule has 0 atom stereocenters. The van der Waals surface area contributed by atoms with Crippen molar-refractivity contribution < 1.29 is 4.74 Å². The van der Waals surface area contributed by atoms with Gasteiger partial charge in [0.1, 0.15) is 0 Å². The summed E-state index contributed by atoms with van der Waals surface area (Å²) >= 11 is 0. The third-order valence-electron chi connectivity index (χ3n) is 3.40. The van der Waals surface area contributed by atoms with Crippen molar-refractivity contribution >= 4 is 11.9 Å². The Morgan fingerprint density at radius 1 is 1.22 bits per heavy atom. The lowest BCUT2D eigenvalue weighted by Gasteiger charge is -2.27. The zero-order chi connectivity index (χ0) is 13.0. The van der Waals surface area contributed by atoms with Gasteiger partial charge < -0.3 is 15.4 Å². The first kappa shape index (κ1) is 12.9. The van der Waals surface area contributed by atoms with Crippen LogP contribution in [0.3, 0.4) is 0 Å². The van der Waals surface area contributed by atoms with E-state index >= 15 is 0 Å². The number of hydrogen-bond donors (Lipinski definition) is 1. The number of ether oxygens (including phenoxy) is 1. The Hall–Kier alpha value is -1.59. The molecule has 0 radical (unpaired) electrons. The molecule has 0 unspecified atom stereocenters. The van der Waals surface area contributed by atoms with Crippen molar-refractivity contribution in [2.45, 2.75) is 32.1 Å². The summed E-state index contributed by atoms with van der Waals surface area (Å²) in [6, 6.07) is 0.271. The molecule has 1 saturated carbocycles. The molecule has 1 heterocycles. The molecule has 0 spiro atoms. The number of nitrogens with zero attached hydrogens (tertiary/aromatic N) is 4. The number of hydrogen-bond acceptors (Lipinski definition) is 6. The Labute approximate surface area is 108 Å². The molecular formula is C12H21N5O. The van der Waals surface area contributed by atoms with Crippen LogP contribution >= 0.6 is 0 Å². The molecule has 100 valence electrons. The average molecular weight is 251 g/mol. The molecule has 1 fully saturated rings. The van der Waals surface area contributed by atoms with Crippen molar-refractivity contribution in [1.82, 2.24) is 15.0 Å². The summed E-state index contributed by atoms with van der Waals surface area (Å²) in [6.07, 6.45) is 6.62. The fraction of sp³-hybridized carbons (Fsp3) is 0.750. The second kappa shape index (κ2) is 5.84. The number of aromatic nitrogens is 3. The van der Waals surface area contributed by atoms with Crippen LogP contribution in [-0.4, -0.2) is 35.7 Å². The van der Waals surface area contributed by atoms with E-state index in [1.165, 1.54) is 39.2 Å². The first-order valence-electron chi connectivity index (χ1n) is 6.45. The highest BCUT2D eigenvalue weighted by molar-refractivity contribution is 5.35. The van der Waals surface area contributed by atoms with Gasteiger partial charge >= 0.3 is 6.01 Å². The summed E-state index contributed by atoms with van der Waals surface area (Å²) in [6.45, 7) is 0.965. The average Bonchev–Trinajstić information content (AvgIpc) is 2.39. The van der Waals surface area contributed by atoms with Gasteiger partial charge in [-0.05, 0) is 18.8 Å². The molecule has 1 aromatic rings. The molecule has 2 N–H and O–H groups in total. The maximum Gasteiger partial charge on any atom is 0.322 e. The molecule has 0 aromatic carbocycles. The topological polar surface area (TPSA) is 77.2 Å². The minimum atomic E-state index is 0.201. The summed E-state index contributed by atoms with van der Waals surface area (Å²) in [5.74, 6) is 1.52. The third kappa shape index (κ3) is 3.21. The van der Waals surface area contributed by atoms with Gasteiger partial charge in [0.25, 0.3) is 0 Å². The Morgan fingerprint density at radius 3 is 2.61 bits per heavy atom. The van der Waals surface area contributed by atoms with Crippen molar-refractivity contribution in [3.8, 4) is 6.01 Å². The van der Waals surface area contributed by atoms with Gasteiger partial charge in [-0.15, -0.1) is 0 Å². The number of anilines is 2. The number of nitrogen functional groups attached to an aromatic ring is 1. The number of nitrogens with two attached hydrogens (primary N) is 1. The highest BCUT2D eigenvalue weighted by Crippen LogP contribution is 2.25. The third-order valence-corrected chi connectivity index (χ3v) is 3.40. The van der Waals surface area contributed by atoms with Crippen LogP contribution in [0.25, 0.3) is 0 Å². The van der Waals surface area contributed by atoms with Crippen LogP contribution in [0.1, 0.15) is 32.1 Å². The Morgan fingerprint density at radius 2 is 1.94 bits per heavy atom. The van der Waals surface area contributed by atoms with E-state index in [1.807, 2.05) is 11.9 Å². The lowest BCUT2D eigenvalue weighted by atomic mass is 9.89. The molecule has 6 heteroatoms. The lowest BCUT2D eigenvalue weighted by Crippen LogP contribution is -2.28. The van der Waals surface area contributed by atoms with Crippen LogP contribution < -0.4 is 15.4 Å². The molecule has 0 amide bonds. The van der Waals surface area contributed by atoms with Crippen molar-refractivity contribution in [2.24, 2.45) is 5.92 Å². The Bertz CT molecular complexity index is 392. The first-order chi connectivity index (χ1) is 8.69. The number of methoxy groups -OCH3 is 1. The van der Waals surface area contributed by atoms with Crippen LogP contribution in [0.2, 0.25) is 0 Å². The molecule has 1 aliphatic rings. The van der Waals surface area contributed by atoms with Crippen molar-refractivity contribution in [2.75, 3.05) is 31.3 Å². The van der Waals surface area contributed by atoms with Gasteiger partial charge in [-0.1, -0.05) is 19.3 Å². The summed E-state index contributed by atoms with van der Waals surface area (Å²) in [5.41, 5.74) is 5.64. The van der Waals surface area contributed by atoms with Gasteiger partial charge in [0.05, 0.1) is 7.11 Å². The van der Waals surface area contributed by atoms with Crippen LogP contribution in [-0.2, 0) is 0 Å². The van der Waals surface area contributed by atoms with Gasteiger partial charge in [0, 0.05) is 13.6 Å². The zero-order valence-electron chi connectivity index (χ0n) is 11.1. The SMILES string of the molecule is COc1nc(N)nc(N(C)CC2CCCCC2)n1. The van der Waals surface area contributed by atoms with Gasteiger partial charge in [0.2, 0.25) is 11.9 Å². The van der Waals surface area contributed by atoms with E-state index in [-0.39, 0.29) is 12.0 Å². The summed E-state index contributed by atoms with van der Waals surface area (Å²) in [4.78, 5) is 14.3. The molecule has 1 aliphatic carbocycles. The predicted molar refractivity (Wildman–Crippen MR) is 70.6 cm³/mol. The van der Waals surface area contributed by atoms with E-state index in [0.29, 0.717) is 5.95 Å². The summed E-state index contributed by atoms with van der Waals surface area (Å²) in [5, 5.41) is 0. The quantitative estimate of drug-likeness (QED) is 0.873. The highest BCUT2D eigenvalue weighted by Gasteiger charge is 2.17. The van der Waals surface area contributed by atoms with Gasteiger partial charge in [-0.3, -0.25) is 0 Å². The first-order valence-corrected chi connectivity index (χ1v) is 6.45. The van der Waals surface area contributed by atoms with Crippen molar-refractivity contribution in [1.29, 1.82) is 0 Å². The standard InChI is InChI=1S/C12H21N5O/c1-17(8-9-6-4-3-5-7-9)11-14-10(13)15-12(16-11)18-2/h9H,3-8H2,1-2H3,(H2,13,14,15,16). The predicted octanol–water partition coefficient (Wildman–Crippen LogP) is 1.48.